The minimum atomic E-state index is -1.72. The Morgan fingerprint density at radius 1 is 1.03 bits per heavy atom. The van der Waals surface area contributed by atoms with Crippen LogP contribution >= 0.6 is 0 Å². The van der Waals surface area contributed by atoms with E-state index in [4.69, 9.17) is 9.84 Å². The molecule has 8 heteroatoms. The zero-order valence-electron chi connectivity index (χ0n) is 18.1. The molecule has 3 atom stereocenters. The van der Waals surface area contributed by atoms with Crippen LogP contribution in [0.1, 0.15) is 37.3 Å². The van der Waals surface area contributed by atoms with Gasteiger partial charge in [-0.1, -0.05) is 68.8 Å². The fourth-order valence-corrected chi connectivity index (χ4v) is 3.86. The highest BCUT2D eigenvalue weighted by Crippen LogP contribution is 2.44. The van der Waals surface area contributed by atoms with E-state index in [2.05, 4.69) is 10.6 Å². The predicted molar refractivity (Wildman–Crippen MR) is 118 cm³/mol. The first-order valence-corrected chi connectivity index (χ1v) is 10.6. The van der Waals surface area contributed by atoms with Gasteiger partial charge in [0, 0.05) is 5.92 Å². The van der Waals surface area contributed by atoms with Gasteiger partial charge >= 0.3 is 12.1 Å². The number of aliphatic hydroxyl groups is 1. The molecule has 0 saturated carbocycles. The highest BCUT2D eigenvalue weighted by atomic mass is 16.5. The number of carboxylic acid groups (broad SMARTS) is 1. The van der Waals surface area contributed by atoms with E-state index in [1.807, 2.05) is 55.5 Å². The van der Waals surface area contributed by atoms with Crippen LogP contribution < -0.4 is 10.6 Å². The van der Waals surface area contributed by atoms with Crippen LogP contribution in [0.25, 0.3) is 11.1 Å². The number of amides is 2. The van der Waals surface area contributed by atoms with Crippen molar-refractivity contribution in [3.8, 4) is 11.1 Å². The summed E-state index contributed by atoms with van der Waals surface area (Å²) in [5.74, 6) is -2.34. The van der Waals surface area contributed by atoms with Gasteiger partial charge in [-0.25, -0.2) is 9.59 Å². The average Bonchev–Trinajstić information content (AvgIpc) is 3.12. The number of hydrogen-bond donors (Lipinski definition) is 4. The van der Waals surface area contributed by atoms with Crippen LogP contribution in [0.4, 0.5) is 4.79 Å². The zero-order valence-corrected chi connectivity index (χ0v) is 18.1. The normalized spacial score (nSPS) is 15.1. The largest absolute Gasteiger partial charge is 0.479 e. The summed E-state index contributed by atoms with van der Waals surface area (Å²) in [6.45, 7) is 3.33. The van der Waals surface area contributed by atoms with Gasteiger partial charge in [-0.2, -0.15) is 0 Å². The van der Waals surface area contributed by atoms with Gasteiger partial charge in [0.1, 0.15) is 12.6 Å². The maximum absolute atomic E-state index is 12.5. The van der Waals surface area contributed by atoms with Gasteiger partial charge in [-0.3, -0.25) is 4.79 Å². The molecule has 3 rings (SSSR count). The lowest BCUT2D eigenvalue weighted by atomic mass is 9.98. The van der Waals surface area contributed by atoms with Crippen molar-refractivity contribution in [2.45, 2.75) is 38.3 Å². The number of hydrogen-bond acceptors (Lipinski definition) is 5. The topological polar surface area (TPSA) is 125 Å². The molecule has 2 amide bonds. The van der Waals surface area contributed by atoms with Crippen LogP contribution in [0.2, 0.25) is 0 Å². The maximum atomic E-state index is 12.5. The van der Waals surface area contributed by atoms with Crippen molar-refractivity contribution >= 4 is 18.0 Å². The van der Waals surface area contributed by atoms with Crippen molar-refractivity contribution in [1.82, 2.24) is 10.6 Å². The highest BCUT2D eigenvalue weighted by molar-refractivity contribution is 5.86. The molecule has 0 spiro atoms. The molecule has 2 aromatic rings. The highest BCUT2D eigenvalue weighted by Gasteiger charge is 2.31. The number of carbonyl (C=O) groups is 3. The Bertz CT molecular complexity index is 946. The molecule has 0 saturated heterocycles. The molecule has 0 heterocycles. The van der Waals surface area contributed by atoms with Gasteiger partial charge in [0.05, 0.1) is 6.54 Å². The fourth-order valence-electron chi connectivity index (χ4n) is 3.86. The third kappa shape index (κ3) is 5.08. The van der Waals surface area contributed by atoms with Gasteiger partial charge in [0.25, 0.3) is 0 Å². The van der Waals surface area contributed by atoms with Crippen molar-refractivity contribution in [1.29, 1.82) is 0 Å². The fraction of sp³-hybridized carbons (Fsp3) is 0.375. The Morgan fingerprint density at radius 2 is 1.59 bits per heavy atom. The van der Waals surface area contributed by atoms with Crippen molar-refractivity contribution in [2.24, 2.45) is 5.92 Å². The van der Waals surface area contributed by atoms with Gasteiger partial charge in [-0.05, 0) is 28.2 Å². The Labute approximate surface area is 186 Å². The number of carbonyl (C=O) groups excluding carboxylic acids is 2. The van der Waals surface area contributed by atoms with Crippen molar-refractivity contribution in [3.05, 3.63) is 59.7 Å². The standard InChI is InChI=1S/C24H28N2O6/c1-3-14(2)21(22(28)25-12-20(27)23(29)30)26-24(31)32-13-19-17-10-6-4-8-15(17)16-9-5-7-11-18(16)19/h4-11,14,19-21,27H,3,12-13H2,1-2H3,(H,25,28)(H,26,31)(H,29,30)/t14?,20?,21-/m0/s1. The summed E-state index contributed by atoms with van der Waals surface area (Å²) in [5, 5.41) is 23.1. The first-order valence-electron chi connectivity index (χ1n) is 10.6. The van der Waals surface area contributed by atoms with E-state index in [1.54, 1.807) is 6.92 Å². The molecule has 0 radical (unpaired) electrons. The van der Waals surface area contributed by atoms with Gasteiger partial charge < -0.3 is 25.6 Å². The molecular formula is C24H28N2O6. The molecule has 170 valence electrons. The lowest BCUT2D eigenvalue weighted by molar-refractivity contribution is -0.146. The first kappa shape index (κ1) is 23.3. The van der Waals surface area contributed by atoms with Crippen molar-refractivity contribution in [2.75, 3.05) is 13.2 Å². The molecule has 0 aromatic heterocycles. The Kier molecular flexibility index (Phi) is 7.48. The van der Waals surface area contributed by atoms with Crippen LogP contribution in [-0.4, -0.2) is 53.5 Å². The molecule has 2 unspecified atom stereocenters. The summed E-state index contributed by atoms with van der Waals surface area (Å²) < 4.78 is 5.51. The Balaban J connectivity index is 1.64. The number of ether oxygens (including phenoxy) is 1. The van der Waals surface area contributed by atoms with E-state index < -0.39 is 36.7 Å². The summed E-state index contributed by atoms with van der Waals surface area (Å²) in [7, 11) is 0. The third-order valence-corrected chi connectivity index (χ3v) is 5.87. The van der Waals surface area contributed by atoms with E-state index in [0.717, 1.165) is 22.3 Å². The summed E-state index contributed by atoms with van der Waals surface area (Å²) in [6, 6.07) is 15.1. The second-order valence-electron chi connectivity index (χ2n) is 7.93. The molecule has 8 nitrogen and oxygen atoms in total. The van der Waals surface area contributed by atoms with Crippen molar-refractivity contribution in [3.63, 3.8) is 0 Å². The molecular weight excluding hydrogens is 412 g/mol. The van der Waals surface area contributed by atoms with Crippen LogP contribution in [0.15, 0.2) is 48.5 Å². The minimum absolute atomic E-state index is 0.102. The minimum Gasteiger partial charge on any atom is -0.479 e. The van der Waals surface area contributed by atoms with E-state index in [1.165, 1.54) is 0 Å². The Morgan fingerprint density at radius 3 is 2.12 bits per heavy atom. The lowest BCUT2D eigenvalue weighted by Gasteiger charge is -2.24. The third-order valence-electron chi connectivity index (χ3n) is 5.87. The van der Waals surface area contributed by atoms with E-state index in [9.17, 15) is 19.5 Å². The van der Waals surface area contributed by atoms with E-state index >= 15 is 0 Å². The number of aliphatic carboxylic acids is 1. The van der Waals surface area contributed by atoms with E-state index in [0.29, 0.717) is 6.42 Å². The Hall–Kier alpha value is -3.39. The molecule has 1 aliphatic carbocycles. The van der Waals surface area contributed by atoms with Gasteiger partial charge in [0.15, 0.2) is 6.10 Å². The number of nitrogens with one attached hydrogen (secondary N) is 2. The number of fused-ring (bicyclic) bond motifs is 3. The molecule has 1 aliphatic rings. The number of carboxylic acids is 1. The van der Waals surface area contributed by atoms with Crippen LogP contribution in [0.5, 0.6) is 0 Å². The predicted octanol–water partition coefficient (Wildman–Crippen LogP) is 2.50. The number of alkyl carbamates (subject to hydrolysis) is 1. The number of benzene rings is 2. The van der Waals surface area contributed by atoms with Crippen LogP contribution in [0, 0.1) is 5.92 Å². The monoisotopic (exact) mass is 440 g/mol. The molecule has 4 N–H and O–H groups in total. The molecule has 2 aromatic carbocycles. The summed E-state index contributed by atoms with van der Waals surface area (Å²) >= 11 is 0. The quantitative estimate of drug-likeness (QED) is 0.475. The van der Waals surface area contributed by atoms with Crippen LogP contribution in [-0.2, 0) is 14.3 Å². The van der Waals surface area contributed by atoms with Crippen LogP contribution in [0.3, 0.4) is 0 Å². The lowest BCUT2D eigenvalue weighted by Crippen LogP contribution is -2.52. The second-order valence-corrected chi connectivity index (χ2v) is 7.93. The van der Waals surface area contributed by atoms with E-state index in [-0.39, 0.29) is 18.4 Å². The second kappa shape index (κ2) is 10.3. The smallest absolute Gasteiger partial charge is 0.407 e. The first-order chi connectivity index (χ1) is 15.3. The number of aliphatic hydroxyl groups excluding tert-OH is 1. The summed E-state index contributed by atoms with van der Waals surface area (Å²) in [5.41, 5.74) is 4.40. The molecule has 0 aliphatic heterocycles. The SMILES string of the molecule is CCC(C)[C@H](NC(=O)OCC1c2ccccc2-c2ccccc21)C(=O)NCC(O)C(=O)O. The number of rotatable bonds is 9. The molecule has 32 heavy (non-hydrogen) atoms. The van der Waals surface area contributed by atoms with Gasteiger partial charge in [-0.15, -0.1) is 0 Å². The van der Waals surface area contributed by atoms with Gasteiger partial charge in [0.2, 0.25) is 5.91 Å². The summed E-state index contributed by atoms with van der Waals surface area (Å²) in [6.07, 6.45) is -1.85. The molecule has 0 bridgehead atoms. The maximum Gasteiger partial charge on any atom is 0.407 e. The molecule has 0 fully saturated rings. The van der Waals surface area contributed by atoms with Crippen molar-refractivity contribution < 1.29 is 29.3 Å². The summed E-state index contributed by atoms with van der Waals surface area (Å²) in [4.78, 5) is 35.8. The average molecular weight is 440 g/mol. The zero-order chi connectivity index (χ0) is 23.3.